The zero-order valence-corrected chi connectivity index (χ0v) is 20.3. The quantitative estimate of drug-likeness (QED) is 0.400. The number of aromatic nitrogens is 6. The van der Waals surface area contributed by atoms with E-state index in [9.17, 15) is 18.0 Å². The van der Waals surface area contributed by atoms with E-state index in [2.05, 4.69) is 20.4 Å². The molecule has 9 nitrogen and oxygen atoms in total. The number of halogens is 3. The molecule has 0 radical (unpaired) electrons. The molecule has 2 N–H and O–H groups in total. The van der Waals surface area contributed by atoms with Crippen LogP contribution < -0.4 is 5.32 Å². The number of hydrogen-bond donors (Lipinski definition) is 2. The maximum absolute atomic E-state index is 14.0. The molecule has 6 rings (SSSR count). The predicted octanol–water partition coefficient (Wildman–Crippen LogP) is 4.10. The van der Waals surface area contributed by atoms with E-state index in [-0.39, 0.29) is 17.5 Å². The van der Waals surface area contributed by atoms with Crippen molar-refractivity contribution in [3.8, 4) is 22.3 Å². The third-order valence-corrected chi connectivity index (χ3v) is 7.26. The van der Waals surface area contributed by atoms with Crippen molar-refractivity contribution in [2.45, 2.75) is 44.4 Å². The summed E-state index contributed by atoms with van der Waals surface area (Å²) < 4.78 is 45.1. The van der Waals surface area contributed by atoms with Crippen molar-refractivity contribution >= 4 is 16.9 Å². The van der Waals surface area contributed by atoms with E-state index in [0.717, 1.165) is 25.9 Å². The zero-order chi connectivity index (χ0) is 25.7. The van der Waals surface area contributed by atoms with Crippen LogP contribution in [0.3, 0.4) is 0 Å². The van der Waals surface area contributed by atoms with Crippen molar-refractivity contribution in [3.05, 3.63) is 42.2 Å². The summed E-state index contributed by atoms with van der Waals surface area (Å²) in [6, 6.07) is 1.95. The molecule has 0 spiro atoms. The van der Waals surface area contributed by atoms with Crippen molar-refractivity contribution < 1.29 is 18.0 Å². The Kier molecular flexibility index (Phi) is 5.78. The first-order valence-corrected chi connectivity index (χ1v) is 12.5. The van der Waals surface area contributed by atoms with Crippen LogP contribution in [0.25, 0.3) is 33.3 Å². The Balaban J connectivity index is 1.55. The highest BCUT2D eigenvalue weighted by Crippen LogP contribution is 2.40. The van der Waals surface area contributed by atoms with Gasteiger partial charge in [0.15, 0.2) is 11.4 Å². The Morgan fingerprint density at radius 2 is 1.81 bits per heavy atom. The Labute approximate surface area is 210 Å². The third kappa shape index (κ3) is 4.28. The molecular formula is C25H27F3N8O. The van der Waals surface area contributed by atoms with E-state index in [4.69, 9.17) is 5.10 Å². The number of carbonyl (C=O) groups is 1. The van der Waals surface area contributed by atoms with Gasteiger partial charge in [0.05, 0.1) is 6.04 Å². The molecule has 1 fully saturated rings. The van der Waals surface area contributed by atoms with E-state index in [1.807, 2.05) is 10.9 Å². The number of hydrogen-bond acceptors (Lipinski definition) is 5. The van der Waals surface area contributed by atoms with Gasteiger partial charge < -0.3 is 15.2 Å². The van der Waals surface area contributed by atoms with Gasteiger partial charge in [-0.05, 0) is 44.8 Å². The molecule has 1 saturated heterocycles. The third-order valence-electron chi connectivity index (χ3n) is 7.26. The lowest BCUT2D eigenvalue weighted by molar-refractivity contribution is -0.141. The van der Waals surface area contributed by atoms with Gasteiger partial charge in [-0.3, -0.25) is 14.2 Å². The monoisotopic (exact) mass is 512 g/mol. The Morgan fingerprint density at radius 3 is 2.59 bits per heavy atom. The molecule has 0 unspecified atom stereocenters. The molecule has 1 amide bonds. The number of carbonyl (C=O) groups excluding carboxylic acids is 1. The molecule has 0 aliphatic carbocycles. The van der Waals surface area contributed by atoms with Crippen LogP contribution in [0.5, 0.6) is 0 Å². The fraction of sp³-hybridized carbons (Fsp3) is 0.440. The molecule has 194 valence electrons. The molecule has 12 heteroatoms. The van der Waals surface area contributed by atoms with Gasteiger partial charge in [0.2, 0.25) is 0 Å². The summed E-state index contributed by atoms with van der Waals surface area (Å²) in [5, 5.41) is 12.5. The summed E-state index contributed by atoms with van der Waals surface area (Å²) in [4.78, 5) is 22.6. The lowest BCUT2D eigenvalue weighted by Gasteiger charge is -2.22. The number of H-pyrrole nitrogens is 1. The Bertz CT molecular complexity index is 1460. The standard InChI is InChI=1S/C25H27F3N8O/c1-34-8-2-3-9-35-13-20(22(33-35)25(26,27)28)18-12-31-23-17(18)10-15(11-30-23)19-14-36(32-21(19)24(34)37)16-4-6-29-7-5-16/h10-14,16,29H,2-9H2,1H3,(H,30,31). The number of nitrogens with zero attached hydrogens (tertiary/aromatic N) is 6. The van der Waals surface area contributed by atoms with Crippen LogP contribution in [-0.2, 0) is 12.7 Å². The molecular weight excluding hydrogens is 485 g/mol. The molecule has 2 aliphatic rings. The van der Waals surface area contributed by atoms with Crippen molar-refractivity contribution in [1.82, 2.24) is 39.7 Å². The van der Waals surface area contributed by atoms with E-state index in [1.54, 1.807) is 24.2 Å². The number of amides is 1. The summed E-state index contributed by atoms with van der Waals surface area (Å²) in [7, 11) is 1.73. The summed E-state index contributed by atoms with van der Waals surface area (Å²) in [6.07, 6.45) is 4.88. The lowest BCUT2D eigenvalue weighted by Crippen LogP contribution is -2.31. The van der Waals surface area contributed by atoms with Gasteiger partial charge in [-0.25, -0.2) is 4.98 Å². The first-order valence-electron chi connectivity index (χ1n) is 12.5. The van der Waals surface area contributed by atoms with Gasteiger partial charge in [-0.2, -0.15) is 23.4 Å². The number of fused-ring (bicyclic) bond motifs is 6. The summed E-state index contributed by atoms with van der Waals surface area (Å²) >= 11 is 0. The fourth-order valence-corrected chi connectivity index (χ4v) is 5.24. The number of alkyl halides is 3. The van der Waals surface area contributed by atoms with Crippen LogP contribution in [0.2, 0.25) is 0 Å². The molecule has 6 heterocycles. The summed E-state index contributed by atoms with van der Waals surface area (Å²) in [6.45, 7) is 2.51. The highest BCUT2D eigenvalue weighted by atomic mass is 19.4. The Hall–Kier alpha value is -3.67. The van der Waals surface area contributed by atoms with Crippen LogP contribution in [0.15, 0.2) is 30.9 Å². The zero-order valence-electron chi connectivity index (χ0n) is 20.3. The average Bonchev–Trinajstić information content (AvgIpc) is 3.62. The van der Waals surface area contributed by atoms with Crippen molar-refractivity contribution in [2.24, 2.45) is 0 Å². The highest BCUT2D eigenvalue weighted by Gasteiger charge is 2.38. The van der Waals surface area contributed by atoms with E-state index < -0.39 is 11.9 Å². The van der Waals surface area contributed by atoms with Crippen molar-refractivity contribution in [1.29, 1.82) is 0 Å². The Morgan fingerprint density at radius 1 is 1.03 bits per heavy atom. The van der Waals surface area contributed by atoms with Gasteiger partial charge in [0.1, 0.15) is 5.65 Å². The SMILES string of the molecule is CN1CCCCn2cc(c(C(F)(F)F)n2)-c2c[nH]c3ncc(cc23)-c2cn(C3CCNCC3)nc2C1=O. The summed E-state index contributed by atoms with van der Waals surface area (Å²) in [5.74, 6) is -0.188. The first-order chi connectivity index (χ1) is 17.8. The lowest BCUT2D eigenvalue weighted by atomic mass is 10.0. The van der Waals surface area contributed by atoms with E-state index >= 15 is 0 Å². The molecule has 4 aromatic rings. The first kappa shape index (κ1) is 23.7. The molecule has 0 atom stereocenters. The van der Waals surface area contributed by atoms with Crippen molar-refractivity contribution in [3.63, 3.8) is 0 Å². The largest absolute Gasteiger partial charge is 0.435 e. The van der Waals surface area contributed by atoms with Crippen molar-refractivity contribution in [2.75, 3.05) is 26.7 Å². The number of rotatable bonds is 1. The van der Waals surface area contributed by atoms with Crippen LogP contribution in [0.4, 0.5) is 13.2 Å². The smallest absolute Gasteiger partial charge is 0.346 e. The van der Waals surface area contributed by atoms with Gasteiger partial charge in [0, 0.05) is 72.6 Å². The highest BCUT2D eigenvalue weighted by molar-refractivity contribution is 6.01. The van der Waals surface area contributed by atoms with Crippen LogP contribution in [0.1, 0.15) is 47.9 Å². The normalized spacial score (nSPS) is 17.7. The second-order valence-corrected chi connectivity index (χ2v) is 9.76. The molecule has 4 bridgehead atoms. The average molecular weight is 513 g/mol. The van der Waals surface area contributed by atoms with Crippen LogP contribution in [-0.4, -0.2) is 67.0 Å². The maximum Gasteiger partial charge on any atom is 0.435 e. The minimum absolute atomic E-state index is 0.00592. The number of pyridine rings is 1. The van der Waals surface area contributed by atoms with Crippen LogP contribution >= 0.6 is 0 Å². The predicted molar refractivity (Wildman–Crippen MR) is 131 cm³/mol. The molecule has 4 aromatic heterocycles. The van der Waals surface area contributed by atoms with E-state index in [0.29, 0.717) is 59.3 Å². The van der Waals surface area contributed by atoms with E-state index in [1.165, 1.54) is 17.1 Å². The minimum Gasteiger partial charge on any atom is -0.346 e. The number of aromatic amines is 1. The fourth-order valence-electron chi connectivity index (χ4n) is 5.24. The van der Waals surface area contributed by atoms with Gasteiger partial charge in [0.25, 0.3) is 5.91 Å². The summed E-state index contributed by atoms with van der Waals surface area (Å²) in [5.41, 5.74) is 1.49. The second-order valence-electron chi connectivity index (χ2n) is 9.76. The second kappa shape index (κ2) is 9.02. The molecule has 0 aromatic carbocycles. The number of piperidine rings is 1. The van der Waals surface area contributed by atoms with Gasteiger partial charge in [-0.1, -0.05) is 0 Å². The van der Waals surface area contributed by atoms with Crippen LogP contribution in [0, 0.1) is 0 Å². The number of nitrogens with one attached hydrogen (secondary N) is 2. The maximum atomic E-state index is 14.0. The molecule has 0 saturated carbocycles. The molecule has 37 heavy (non-hydrogen) atoms. The topological polar surface area (TPSA) is 96.7 Å². The van der Waals surface area contributed by atoms with Gasteiger partial charge in [-0.15, -0.1) is 0 Å². The minimum atomic E-state index is -4.60. The number of aryl methyl sites for hydroxylation is 1. The van der Waals surface area contributed by atoms with Gasteiger partial charge >= 0.3 is 6.18 Å². The molecule has 2 aliphatic heterocycles.